The fourth-order valence-corrected chi connectivity index (χ4v) is 2.94. The topological polar surface area (TPSA) is 68.5 Å². The minimum atomic E-state index is -0.544. The van der Waals surface area contributed by atoms with Crippen LogP contribution in [0.4, 0.5) is 0 Å². The zero-order valence-corrected chi connectivity index (χ0v) is 14.7. The summed E-state index contributed by atoms with van der Waals surface area (Å²) in [5.74, 6) is 1.99. The van der Waals surface area contributed by atoms with Gasteiger partial charge in [-0.3, -0.25) is 4.79 Å². The van der Waals surface area contributed by atoms with E-state index in [2.05, 4.69) is 17.4 Å². The molecule has 0 atom stereocenters. The zero-order valence-electron chi connectivity index (χ0n) is 13.8. The van der Waals surface area contributed by atoms with Gasteiger partial charge in [-0.05, 0) is 25.5 Å². The predicted molar refractivity (Wildman–Crippen MR) is 94.1 cm³/mol. The molecule has 1 amide bonds. The summed E-state index contributed by atoms with van der Waals surface area (Å²) < 4.78 is 10.3. The van der Waals surface area contributed by atoms with Crippen LogP contribution in [-0.4, -0.2) is 30.8 Å². The molecule has 1 N–H and O–H groups in total. The van der Waals surface area contributed by atoms with E-state index in [4.69, 9.17) is 9.15 Å². The maximum Gasteiger partial charge on any atom is 0.342 e. The summed E-state index contributed by atoms with van der Waals surface area (Å²) >= 11 is 1.74. The Morgan fingerprint density at radius 1 is 1.21 bits per heavy atom. The van der Waals surface area contributed by atoms with Gasteiger partial charge in [0.15, 0.2) is 6.61 Å². The molecule has 1 aromatic heterocycles. The maximum absolute atomic E-state index is 11.9. The van der Waals surface area contributed by atoms with E-state index in [1.54, 1.807) is 31.7 Å². The lowest BCUT2D eigenvalue weighted by Gasteiger charge is -2.06. The highest BCUT2D eigenvalue weighted by molar-refractivity contribution is 7.98. The number of hydrogen-bond acceptors (Lipinski definition) is 5. The summed E-state index contributed by atoms with van der Waals surface area (Å²) in [4.78, 5) is 23.5. The number of benzene rings is 1. The van der Waals surface area contributed by atoms with Crippen LogP contribution in [0.2, 0.25) is 0 Å². The Morgan fingerprint density at radius 2 is 1.96 bits per heavy atom. The SMILES string of the molecule is Cc1cc(C(=O)OCC(=O)NCCSCc2ccccc2)c(C)o1. The molecular formula is C18H21NO4S. The van der Waals surface area contributed by atoms with Gasteiger partial charge in [-0.1, -0.05) is 30.3 Å². The summed E-state index contributed by atoms with van der Waals surface area (Å²) in [5.41, 5.74) is 1.62. The van der Waals surface area contributed by atoms with Crippen molar-refractivity contribution >= 4 is 23.6 Å². The van der Waals surface area contributed by atoms with E-state index in [-0.39, 0.29) is 12.5 Å². The lowest BCUT2D eigenvalue weighted by atomic mass is 10.2. The minimum absolute atomic E-state index is 0.286. The van der Waals surface area contributed by atoms with Crippen LogP contribution in [-0.2, 0) is 15.3 Å². The number of carbonyl (C=O) groups excluding carboxylic acids is 2. The monoisotopic (exact) mass is 347 g/mol. The molecule has 0 aliphatic heterocycles. The third-order valence-corrected chi connectivity index (χ3v) is 4.31. The standard InChI is InChI=1S/C18H21NO4S/c1-13-10-16(14(2)23-13)18(21)22-11-17(20)19-8-9-24-12-15-6-4-3-5-7-15/h3-7,10H,8-9,11-12H2,1-2H3,(H,19,20). The molecule has 0 aliphatic rings. The van der Waals surface area contributed by atoms with Crippen LogP contribution in [0.3, 0.4) is 0 Å². The van der Waals surface area contributed by atoms with E-state index in [1.807, 2.05) is 18.2 Å². The number of thioether (sulfide) groups is 1. The van der Waals surface area contributed by atoms with Crippen LogP contribution in [0.25, 0.3) is 0 Å². The van der Waals surface area contributed by atoms with E-state index >= 15 is 0 Å². The quantitative estimate of drug-likeness (QED) is 0.587. The van der Waals surface area contributed by atoms with Crippen LogP contribution >= 0.6 is 11.8 Å². The molecule has 24 heavy (non-hydrogen) atoms. The third kappa shape index (κ3) is 5.77. The third-order valence-electron chi connectivity index (χ3n) is 3.28. The molecule has 1 aromatic carbocycles. The molecular weight excluding hydrogens is 326 g/mol. The molecule has 1 heterocycles. The van der Waals surface area contributed by atoms with Gasteiger partial charge in [0.05, 0.1) is 0 Å². The molecule has 0 aliphatic carbocycles. The summed E-state index contributed by atoms with van der Waals surface area (Å²) in [5, 5.41) is 2.74. The summed E-state index contributed by atoms with van der Waals surface area (Å²) in [6, 6.07) is 11.8. The Kier molecular flexibility index (Phi) is 6.93. The molecule has 2 rings (SSSR count). The molecule has 0 saturated carbocycles. The second-order valence-corrected chi connectivity index (χ2v) is 6.40. The van der Waals surface area contributed by atoms with Crippen molar-refractivity contribution in [1.82, 2.24) is 5.32 Å². The number of carbonyl (C=O) groups is 2. The fourth-order valence-electron chi connectivity index (χ4n) is 2.12. The number of aryl methyl sites for hydroxylation is 2. The Bertz CT molecular complexity index is 682. The molecule has 6 heteroatoms. The molecule has 0 unspecified atom stereocenters. The van der Waals surface area contributed by atoms with Crippen LogP contribution in [0, 0.1) is 13.8 Å². The van der Waals surface area contributed by atoms with E-state index < -0.39 is 5.97 Å². The summed E-state index contributed by atoms with van der Waals surface area (Å²) in [6.45, 7) is 3.70. The number of ether oxygens (including phenoxy) is 1. The first-order valence-electron chi connectivity index (χ1n) is 7.69. The first kappa shape index (κ1) is 18.1. The number of rotatable bonds is 8. The van der Waals surface area contributed by atoms with E-state index in [0.717, 1.165) is 11.5 Å². The van der Waals surface area contributed by atoms with Crippen molar-refractivity contribution in [3.05, 3.63) is 59.0 Å². The van der Waals surface area contributed by atoms with Crippen molar-refractivity contribution in [3.63, 3.8) is 0 Å². The normalized spacial score (nSPS) is 10.4. The van der Waals surface area contributed by atoms with Crippen LogP contribution in [0.5, 0.6) is 0 Å². The highest BCUT2D eigenvalue weighted by Crippen LogP contribution is 2.14. The van der Waals surface area contributed by atoms with Gasteiger partial charge in [0.2, 0.25) is 0 Å². The fraction of sp³-hybridized carbons (Fsp3) is 0.333. The van der Waals surface area contributed by atoms with Crippen molar-refractivity contribution < 1.29 is 18.7 Å². The Labute approximate surface area is 145 Å². The van der Waals surface area contributed by atoms with Crippen molar-refractivity contribution in [2.75, 3.05) is 18.9 Å². The first-order valence-corrected chi connectivity index (χ1v) is 8.84. The Morgan fingerprint density at radius 3 is 2.62 bits per heavy atom. The van der Waals surface area contributed by atoms with Gasteiger partial charge >= 0.3 is 5.97 Å². The van der Waals surface area contributed by atoms with E-state index in [0.29, 0.717) is 23.6 Å². The van der Waals surface area contributed by atoms with Gasteiger partial charge in [-0.2, -0.15) is 11.8 Å². The number of nitrogens with one attached hydrogen (secondary N) is 1. The Balaban J connectivity index is 1.60. The predicted octanol–water partition coefficient (Wildman–Crippen LogP) is 3.10. The molecule has 0 spiro atoms. The average molecular weight is 347 g/mol. The van der Waals surface area contributed by atoms with Gasteiger partial charge in [-0.25, -0.2) is 4.79 Å². The van der Waals surface area contributed by atoms with E-state index in [9.17, 15) is 9.59 Å². The summed E-state index contributed by atoms with van der Waals surface area (Å²) in [6.07, 6.45) is 0. The van der Waals surface area contributed by atoms with Crippen LogP contribution < -0.4 is 5.32 Å². The smallest absolute Gasteiger partial charge is 0.342 e. The second-order valence-electron chi connectivity index (χ2n) is 5.29. The minimum Gasteiger partial charge on any atom is -0.466 e. The number of hydrogen-bond donors (Lipinski definition) is 1. The van der Waals surface area contributed by atoms with Crippen LogP contribution in [0.15, 0.2) is 40.8 Å². The molecule has 128 valence electrons. The van der Waals surface area contributed by atoms with Gasteiger partial charge in [0.25, 0.3) is 5.91 Å². The van der Waals surface area contributed by atoms with Gasteiger partial charge in [0.1, 0.15) is 17.1 Å². The average Bonchev–Trinajstić information content (AvgIpc) is 2.92. The van der Waals surface area contributed by atoms with Crippen molar-refractivity contribution in [2.24, 2.45) is 0 Å². The highest BCUT2D eigenvalue weighted by Gasteiger charge is 2.16. The second kappa shape index (κ2) is 9.17. The largest absolute Gasteiger partial charge is 0.466 e. The molecule has 0 bridgehead atoms. The molecule has 5 nitrogen and oxygen atoms in total. The molecule has 0 saturated heterocycles. The lowest BCUT2D eigenvalue weighted by molar-refractivity contribution is -0.124. The van der Waals surface area contributed by atoms with Gasteiger partial charge in [-0.15, -0.1) is 0 Å². The van der Waals surface area contributed by atoms with Crippen molar-refractivity contribution in [3.8, 4) is 0 Å². The van der Waals surface area contributed by atoms with E-state index in [1.165, 1.54) is 5.56 Å². The molecule has 2 aromatic rings. The first-order chi connectivity index (χ1) is 11.6. The Hall–Kier alpha value is -2.21. The summed E-state index contributed by atoms with van der Waals surface area (Å²) in [7, 11) is 0. The lowest BCUT2D eigenvalue weighted by Crippen LogP contribution is -2.30. The molecule has 0 fully saturated rings. The van der Waals surface area contributed by atoms with Gasteiger partial charge in [0, 0.05) is 18.1 Å². The van der Waals surface area contributed by atoms with Gasteiger partial charge < -0.3 is 14.5 Å². The number of furan rings is 1. The van der Waals surface area contributed by atoms with Crippen molar-refractivity contribution in [2.45, 2.75) is 19.6 Å². The number of esters is 1. The van der Waals surface area contributed by atoms with Crippen LogP contribution in [0.1, 0.15) is 27.4 Å². The number of amides is 1. The molecule has 0 radical (unpaired) electrons. The maximum atomic E-state index is 11.9. The highest BCUT2D eigenvalue weighted by atomic mass is 32.2. The van der Waals surface area contributed by atoms with Crippen molar-refractivity contribution in [1.29, 1.82) is 0 Å². The zero-order chi connectivity index (χ0) is 17.4.